The van der Waals surface area contributed by atoms with Crippen molar-refractivity contribution in [1.29, 1.82) is 0 Å². The SMILES string of the molecule is CC1(C)O[C@H]2O[C@H]([C@@H]3C[C@@H](O)CN3C(=O)OCc3ccccc3)[C@H](O)[C@H]2O1. The standard InChI is InChI=1S/C19H25NO7/c1-19(2)26-16-14(22)15(25-17(16)27-19)13-8-12(21)9-20(13)18(23)24-10-11-6-4-3-5-7-11/h3-7,12-17,21-22H,8-10H2,1-2H3/t12-,13+,14+,15-,16-,17-/m1/s1. The van der Waals surface area contributed by atoms with E-state index in [-0.39, 0.29) is 13.2 Å². The molecule has 27 heavy (non-hydrogen) atoms. The summed E-state index contributed by atoms with van der Waals surface area (Å²) in [7, 11) is 0. The number of hydrogen-bond donors (Lipinski definition) is 2. The van der Waals surface area contributed by atoms with Crippen molar-refractivity contribution in [3.63, 3.8) is 0 Å². The first-order valence-corrected chi connectivity index (χ1v) is 9.18. The summed E-state index contributed by atoms with van der Waals surface area (Å²) in [5.74, 6) is -0.829. The lowest BCUT2D eigenvalue weighted by atomic mass is 10.0. The van der Waals surface area contributed by atoms with Gasteiger partial charge in [0.25, 0.3) is 0 Å². The number of β-amino-alcohol motifs (C(OH)–C–C–N with tert-alkyl or cyclic N) is 1. The highest BCUT2D eigenvalue weighted by Gasteiger charge is 2.58. The minimum absolute atomic E-state index is 0.132. The number of benzene rings is 1. The Balaban J connectivity index is 1.42. The Labute approximate surface area is 157 Å². The van der Waals surface area contributed by atoms with Gasteiger partial charge >= 0.3 is 6.09 Å². The fourth-order valence-electron chi connectivity index (χ4n) is 4.00. The van der Waals surface area contributed by atoms with Gasteiger partial charge in [-0.2, -0.15) is 0 Å². The van der Waals surface area contributed by atoms with Gasteiger partial charge in [-0.1, -0.05) is 30.3 Å². The first-order valence-electron chi connectivity index (χ1n) is 9.18. The molecule has 1 aromatic rings. The number of amides is 1. The van der Waals surface area contributed by atoms with Crippen LogP contribution in [0.15, 0.2) is 30.3 Å². The van der Waals surface area contributed by atoms with Gasteiger partial charge in [0.15, 0.2) is 12.1 Å². The van der Waals surface area contributed by atoms with E-state index in [2.05, 4.69) is 0 Å². The molecule has 1 aromatic carbocycles. The molecule has 0 unspecified atom stereocenters. The van der Waals surface area contributed by atoms with E-state index in [9.17, 15) is 15.0 Å². The van der Waals surface area contributed by atoms with Crippen LogP contribution in [-0.2, 0) is 25.6 Å². The van der Waals surface area contributed by atoms with Crippen molar-refractivity contribution in [2.45, 2.75) is 69.4 Å². The molecule has 8 heteroatoms. The molecule has 2 N–H and O–H groups in total. The molecule has 3 aliphatic heterocycles. The normalized spacial score (nSPS) is 37.4. The van der Waals surface area contributed by atoms with Crippen LogP contribution in [0.25, 0.3) is 0 Å². The lowest BCUT2D eigenvalue weighted by Gasteiger charge is -2.31. The van der Waals surface area contributed by atoms with Crippen molar-refractivity contribution in [2.75, 3.05) is 6.54 Å². The first kappa shape index (κ1) is 18.6. The Kier molecular flexibility index (Phi) is 4.85. The minimum atomic E-state index is -0.962. The first-order chi connectivity index (χ1) is 12.8. The van der Waals surface area contributed by atoms with Gasteiger partial charge in [-0.3, -0.25) is 4.90 Å². The molecule has 3 heterocycles. The topological polar surface area (TPSA) is 97.7 Å². The van der Waals surface area contributed by atoms with Gasteiger partial charge in [0.2, 0.25) is 0 Å². The van der Waals surface area contributed by atoms with Crippen molar-refractivity contribution in [3.05, 3.63) is 35.9 Å². The zero-order valence-electron chi connectivity index (χ0n) is 15.4. The van der Waals surface area contributed by atoms with E-state index < -0.39 is 48.6 Å². The summed E-state index contributed by atoms with van der Waals surface area (Å²) in [5, 5.41) is 20.7. The third-order valence-electron chi connectivity index (χ3n) is 5.19. The highest BCUT2D eigenvalue weighted by Crippen LogP contribution is 2.40. The maximum atomic E-state index is 12.6. The minimum Gasteiger partial charge on any atom is -0.445 e. The summed E-state index contributed by atoms with van der Waals surface area (Å²) in [6.07, 6.45) is -3.94. The molecule has 0 saturated carbocycles. The maximum Gasteiger partial charge on any atom is 0.410 e. The second-order valence-corrected chi connectivity index (χ2v) is 7.71. The molecule has 0 aliphatic carbocycles. The van der Waals surface area contributed by atoms with Crippen LogP contribution in [0.3, 0.4) is 0 Å². The van der Waals surface area contributed by atoms with Gasteiger partial charge in [0.1, 0.15) is 24.9 Å². The molecule has 1 amide bonds. The lowest BCUT2D eigenvalue weighted by Crippen LogP contribution is -2.48. The van der Waals surface area contributed by atoms with Gasteiger partial charge in [-0.05, 0) is 25.8 Å². The van der Waals surface area contributed by atoms with E-state index in [0.29, 0.717) is 6.42 Å². The summed E-state index contributed by atoms with van der Waals surface area (Å²) in [4.78, 5) is 14.0. The average Bonchev–Trinajstić information content (AvgIpc) is 3.25. The number of ether oxygens (including phenoxy) is 4. The van der Waals surface area contributed by atoms with Crippen LogP contribution in [0.1, 0.15) is 25.8 Å². The zero-order chi connectivity index (χ0) is 19.2. The van der Waals surface area contributed by atoms with Crippen LogP contribution >= 0.6 is 0 Å². The highest BCUT2D eigenvalue weighted by atomic mass is 16.8. The maximum absolute atomic E-state index is 12.6. The average molecular weight is 379 g/mol. The third-order valence-corrected chi connectivity index (χ3v) is 5.19. The van der Waals surface area contributed by atoms with E-state index in [0.717, 1.165) is 5.56 Å². The van der Waals surface area contributed by atoms with Gasteiger partial charge in [0.05, 0.1) is 18.7 Å². The van der Waals surface area contributed by atoms with Crippen molar-refractivity contribution >= 4 is 6.09 Å². The highest BCUT2D eigenvalue weighted by molar-refractivity contribution is 5.68. The second kappa shape index (κ2) is 7.03. The molecule has 0 aromatic heterocycles. The number of likely N-dealkylation sites (tertiary alicyclic amines) is 1. The van der Waals surface area contributed by atoms with Crippen molar-refractivity contribution in [1.82, 2.24) is 4.90 Å². The molecular weight excluding hydrogens is 354 g/mol. The summed E-state index contributed by atoms with van der Waals surface area (Å²) in [6.45, 7) is 3.78. The third kappa shape index (κ3) is 3.68. The fraction of sp³-hybridized carbons (Fsp3) is 0.632. The van der Waals surface area contributed by atoms with E-state index in [1.54, 1.807) is 13.8 Å². The number of carbonyl (C=O) groups is 1. The Morgan fingerprint density at radius 1 is 1.22 bits per heavy atom. The Hall–Kier alpha value is -1.71. The van der Waals surface area contributed by atoms with E-state index in [4.69, 9.17) is 18.9 Å². The number of aliphatic hydroxyl groups is 2. The quantitative estimate of drug-likeness (QED) is 0.808. The Morgan fingerprint density at radius 3 is 2.67 bits per heavy atom. The predicted molar refractivity (Wildman–Crippen MR) is 92.4 cm³/mol. The van der Waals surface area contributed by atoms with Crippen molar-refractivity contribution < 1.29 is 34.0 Å². The summed E-state index contributed by atoms with van der Waals surface area (Å²) < 4.78 is 22.6. The molecule has 0 spiro atoms. The van der Waals surface area contributed by atoms with Crippen molar-refractivity contribution in [2.24, 2.45) is 0 Å². The van der Waals surface area contributed by atoms with E-state index in [1.165, 1.54) is 4.90 Å². The van der Waals surface area contributed by atoms with E-state index >= 15 is 0 Å². The van der Waals surface area contributed by atoms with Crippen LogP contribution in [0.4, 0.5) is 4.79 Å². The van der Waals surface area contributed by atoms with Gasteiger partial charge in [0, 0.05) is 0 Å². The molecule has 8 nitrogen and oxygen atoms in total. The summed E-state index contributed by atoms with van der Waals surface area (Å²) in [5.41, 5.74) is 0.873. The largest absolute Gasteiger partial charge is 0.445 e. The lowest BCUT2D eigenvalue weighted by molar-refractivity contribution is -0.220. The van der Waals surface area contributed by atoms with Crippen molar-refractivity contribution in [3.8, 4) is 0 Å². The number of fused-ring (bicyclic) bond motifs is 1. The van der Waals surface area contributed by atoms with Gasteiger partial charge in [-0.15, -0.1) is 0 Å². The zero-order valence-corrected chi connectivity index (χ0v) is 15.4. The number of rotatable bonds is 3. The van der Waals surface area contributed by atoms with Crippen LogP contribution in [0.5, 0.6) is 0 Å². The molecule has 0 bridgehead atoms. The summed E-state index contributed by atoms with van der Waals surface area (Å²) in [6, 6.07) is 8.84. The molecule has 148 valence electrons. The Bertz CT molecular complexity index is 682. The second-order valence-electron chi connectivity index (χ2n) is 7.71. The van der Waals surface area contributed by atoms with Crippen LogP contribution in [0.2, 0.25) is 0 Å². The van der Waals surface area contributed by atoms with Gasteiger partial charge < -0.3 is 29.2 Å². The molecular formula is C19H25NO7. The van der Waals surface area contributed by atoms with Crippen LogP contribution in [-0.4, -0.2) is 70.3 Å². The van der Waals surface area contributed by atoms with Crippen LogP contribution in [0, 0.1) is 0 Å². The number of carbonyl (C=O) groups excluding carboxylic acids is 1. The summed E-state index contributed by atoms with van der Waals surface area (Å²) >= 11 is 0. The molecule has 4 rings (SSSR count). The monoisotopic (exact) mass is 379 g/mol. The number of aliphatic hydroxyl groups excluding tert-OH is 2. The number of nitrogens with zero attached hydrogens (tertiary/aromatic N) is 1. The smallest absolute Gasteiger partial charge is 0.410 e. The van der Waals surface area contributed by atoms with Gasteiger partial charge in [-0.25, -0.2) is 4.79 Å². The molecule has 3 saturated heterocycles. The fourth-order valence-corrected chi connectivity index (χ4v) is 4.00. The Morgan fingerprint density at radius 2 is 1.96 bits per heavy atom. The van der Waals surface area contributed by atoms with E-state index in [1.807, 2.05) is 30.3 Å². The molecule has 0 radical (unpaired) electrons. The number of hydrogen-bond acceptors (Lipinski definition) is 7. The molecule has 3 fully saturated rings. The molecule has 3 aliphatic rings. The van der Waals surface area contributed by atoms with Crippen LogP contribution < -0.4 is 0 Å². The molecule has 6 atom stereocenters. The predicted octanol–water partition coefficient (Wildman–Crippen LogP) is 0.996.